The van der Waals surface area contributed by atoms with Gasteiger partial charge in [-0.1, -0.05) is 0 Å². The first-order valence-electron chi connectivity index (χ1n) is 12.8. The van der Waals surface area contributed by atoms with Crippen molar-refractivity contribution in [3.63, 3.8) is 0 Å². The molecule has 0 aliphatic heterocycles. The Morgan fingerprint density at radius 2 is 1.32 bits per heavy atom. The summed E-state index contributed by atoms with van der Waals surface area (Å²) in [7, 11) is 0. The van der Waals surface area contributed by atoms with Gasteiger partial charge in [-0.05, 0) is 0 Å². The first kappa shape index (κ1) is 27.1. The van der Waals surface area contributed by atoms with E-state index in [9.17, 15) is 0 Å². The molecule has 3 heteroatoms. The molecule has 0 radical (unpaired) electrons. The van der Waals surface area contributed by atoms with Gasteiger partial charge in [0.2, 0.25) is 0 Å². The summed E-state index contributed by atoms with van der Waals surface area (Å²) in [6.45, 7) is 6.86. The molecule has 0 nitrogen and oxygen atoms in total. The molecule has 185 valence electrons. The maximum atomic E-state index is 2.46. The van der Waals surface area contributed by atoms with Crippen molar-refractivity contribution in [2.24, 2.45) is 0 Å². The number of halogens is 2. The number of allylic oxidation sites excluding steroid dienone is 1. The fraction of sp³-hybridized carbons (Fsp3) is 0.143. The Kier molecular flexibility index (Phi) is 7.34. The fourth-order valence-electron chi connectivity index (χ4n) is 6.63. The van der Waals surface area contributed by atoms with Crippen molar-refractivity contribution < 1.29 is 49.5 Å². The van der Waals surface area contributed by atoms with Crippen molar-refractivity contribution in [1.29, 1.82) is 0 Å². The third-order valence-electron chi connectivity index (χ3n) is 8.25. The number of hydrogen-bond acceptors (Lipinski definition) is 0. The average Bonchev–Trinajstić information content (AvgIpc) is 3.37. The van der Waals surface area contributed by atoms with Gasteiger partial charge in [-0.15, -0.1) is 0 Å². The molecule has 0 saturated carbocycles. The van der Waals surface area contributed by atoms with E-state index in [1.165, 1.54) is 72.0 Å². The number of benzene rings is 5. The molecule has 5 aromatic carbocycles. The van der Waals surface area contributed by atoms with Crippen LogP contribution in [0, 0.1) is 13.8 Å². The monoisotopic (exact) mass is 607 g/mol. The molecule has 7 rings (SSSR count). The van der Waals surface area contributed by atoms with Crippen molar-refractivity contribution in [2.75, 3.05) is 0 Å². The van der Waals surface area contributed by atoms with Gasteiger partial charge in [-0.25, -0.2) is 0 Å². The third kappa shape index (κ3) is 3.98. The zero-order chi connectivity index (χ0) is 24.6. The molecule has 0 aromatic heterocycles. The fourth-order valence-corrected chi connectivity index (χ4v) is 7.98. The van der Waals surface area contributed by atoms with Crippen LogP contribution in [0.1, 0.15) is 55.4 Å². The Balaban J connectivity index is 0.00000147. The van der Waals surface area contributed by atoms with E-state index in [0.29, 0.717) is 9.54 Å². The molecule has 2 unspecified atom stereocenters. The molecule has 0 amide bonds. The van der Waals surface area contributed by atoms with Gasteiger partial charge in [0, 0.05) is 0 Å². The molecular weight excluding hydrogens is 583 g/mol. The number of aryl methyl sites for hydroxylation is 2. The minimum Gasteiger partial charge on any atom is -1.00 e. The zero-order valence-electron chi connectivity index (χ0n) is 21.6. The Morgan fingerprint density at radius 1 is 0.605 bits per heavy atom. The smallest absolute Gasteiger partial charge is 1.00 e. The summed E-state index contributed by atoms with van der Waals surface area (Å²) in [5.74, 6) is 0.309. The quantitative estimate of drug-likeness (QED) is 0.288. The summed E-state index contributed by atoms with van der Waals surface area (Å²) in [6, 6.07) is 34.1. The van der Waals surface area contributed by atoms with Gasteiger partial charge in [0.15, 0.2) is 0 Å². The molecule has 0 spiro atoms. The molecule has 0 heterocycles. The van der Waals surface area contributed by atoms with E-state index >= 15 is 0 Å². The predicted octanol–water partition coefficient (Wildman–Crippen LogP) is 3.30. The molecule has 2 aliphatic carbocycles. The van der Waals surface area contributed by atoms with E-state index < -0.39 is 0 Å². The Bertz CT molecular complexity index is 1740. The van der Waals surface area contributed by atoms with Crippen LogP contribution in [0.15, 0.2) is 96.6 Å². The second kappa shape index (κ2) is 10.3. The predicted molar refractivity (Wildman–Crippen MR) is 148 cm³/mol. The number of rotatable bonds is 2. The summed E-state index contributed by atoms with van der Waals surface area (Å²) in [6.07, 6.45) is 2.46. The molecule has 0 fully saturated rings. The minimum atomic E-state index is 0. The SMILES string of the molecule is CC1=Cc2c(-c3cccc4ccccc34)cccc2C1c1c(C)ccc2c1[CH]([Zr+2])c1cc(C)ccc1-2.[Cl-].[Cl-]. The summed E-state index contributed by atoms with van der Waals surface area (Å²) in [4.78, 5) is 0. The van der Waals surface area contributed by atoms with Gasteiger partial charge >= 0.3 is 230 Å². The first-order chi connectivity index (χ1) is 17.5. The van der Waals surface area contributed by atoms with E-state index in [4.69, 9.17) is 0 Å². The van der Waals surface area contributed by atoms with Gasteiger partial charge in [0.05, 0.1) is 0 Å². The number of fused-ring (bicyclic) bond motifs is 5. The maximum Gasteiger partial charge on any atom is -1.00 e. The molecular formula is C35H27Cl2Zr. The van der Waals surface area contributed by atoms with Crippen LogP contribution < -0.4 is 24.8 Å². The van der Waals surface area contributed by atoms with Gasteiger partial charge in [-0.3, -0.25) is 0 Å². The topological polar surface area (TPSA) is 0 Å². The number of hydrogen-bond donors (Lipinski definition) is 0. The van der Waals surface area contributed by atoms with Crippen LogP contribution in [0.4, 0.5) is 0 Å². The largest absolute Gasteiger partial charge is 1.00 e. The van der Waals surface area contributed by atoms with Crippen LogP contribution in [0.5, 0.6) is 0 Å². The van der Waals surface area contributed by atoms with E-state index in [0.717, 1.165) is 0 Å². The van der Waals surface area contributed by atoms with Crippen molar-refractivity contribution in [1.82, 2.24) is 0 Å². The zero-order valence-corrected chi connectivity index (χ0v) is 25.6. The first-order valence-corrected chi connectivity index (χ1v) is 14.2. The Hall–Kier alpha value is -2.44. The molecule has 5 aromatic rings. The normalized spacial score (nSPS) is 16.7. The van der Waals surface area contributed by atoms with Crippen LogP contribution in [-0.4, -0.2) is 0 Å². The molecule has 0 N–H and O–H groups in total. The van der Waals surface area contributed by atoms with Crippen LogP contribution in [0.25, 0.3) is 39.1 Å². The average molecular weight is 610 g/mol. The van der Waals surface area contributed by atoms with Crippen molar-refractivity contribution >= 4 is 16.8 Å². The Morgan fingerprint density at radius 3 is 2.16 bits per heavy atom. The van der Waals surface area contributed by atoms with Gasteiger partial charge in [0.1, 0.15) is 0 Å². The van der Waals surface area contributed by atoms with E-state index in [2.05, 4.69) is 118 Å². The van der Waals surface area contributed by atoms with Gasteiger partial charge in [0.25, 0.3) is 0 Å². The summed E-state index contributed by atoms with van der Waals surface area (Å²) < 4.78 is 0.495. The van der Waals surface area contributed by atoms with Gasteiger partial charge < -0.3 is 24.8 Å². The summed E-state index contributed by atoms with van der Waals surface area (Å²) >= 11 is 1.57. The standard InChI is InChI=1S/C35H27.2ClH.Zr/c1-21-14-16-27-25(18-21)20-33-30(27)17-15-22(2)34(33)35-23(3)19-32-29(12-7-13-31(32)35)28-11-6-9-24-8-4-5-10-26(24)28;;;/h4-20,35H,1-3H3;2*1H;/q;;;+2/p-2. The van der Waals surface area contributed by atoms with Crippen molar-refractivity contribution in [2.45, 2.75) is 30.3 Å². The Labute approximate surface area is 252 Å². The van der Waals surface area contributed by atoms with Gasteiger partial charge in [-0.2, -0.15) is 0 Å². The molecule has 0 saturated heterocycles. The molecule has 2 atom stereocenters. The molecule has 38 heavy (non-hydrogen) atoms. The minimum absolute atomic E-state index is 0. The van der Waals surface area contributed by atoms with Crippen LogP contribution in [0.3, 0.4) is 0 Å². The van der Waals surface area contributed by atoms with E-state index in [-0.39, 0.29) is 24.8 Å². The maximum absolute atomic E-state index is 2.46. The van der Waals surface area contributed by atoms with Crippen LogP contribution >= 0.6 is 0 Å². The third-order valence-corrected chi connectivity index (χ3v) is 9.72. The van der Waals surface area contributed by atoms with E-state index in [1.54, 1.807) is 30.3 Å². The van der Waals surface area contributed by atoms with Crippen molar-refractivity contribution in [3.05, 3.63) is 136 Å². The van der Waals surface area contributed by atoms with Crippen LogP contribution in [-0.2, 0) is 24.7 Å². The second-order valence-corrected chi connectivity index (χ2v) is 11.9. The molecule has 2 aliphatic rings. The summed E-state index contributed by atoms with van der Waals surface area (Å²) in [5, 5.41) is 2.62. The summed E-state index contributed by atoms with van der Waals surface area (Å²) in [5.41, 5.74) is 17.2. The van der Waals surface area contributed by atoms with E-state index in [1.807, 2.05) is 0 Å². The second-order valence-electron chi connectivity index (χ2n) is 10.4. The van der Waals surface area contributed by atoms with Crippen LogP contribution in [0.2, 0.25) is 0 Å². The molecule has 0 bridgehead atoms. The van der Waals surface area contributed by atoms with Crippen molar-refractivity contribution in [3.8, 4) is 22.3 Å².